The summed E-state index contributed by atoms with van der Waals surface area (Å²) in [4.78, 5) is 15.4. The number of likely N-dealkylation sites (tertiary alicyclic amines) is 1. The lowest BCUT2D eigenvalue weighted by Crippen LogP contribution is -2.44. The van der Waals surface area contributed by atoms with E-state index >= 15 is 0 Å². The minimum atomic E-state index is -0.175. The van der Waals surface area contributed by atoms with Crippen LogP contribution in [0.15, 0.2) is 48.5 Å². The highest BCUT2D eigenvalue weighted by Crippen LogP contribution is 2.25. The lowest BCUT2D eigenvalue weighted by atomic mass is 10.0. The van der Waals surface area contributed by atoms with E-state index in [0.717, 1.165) is 43.8 Å². The zero-order valence-electron chi connectivity index (χ0n) is 18.9. The normalized spacial score (nSPS) is 14.9. The molecular formula is C25H28Cl2N4O2. The van der Waals surface area contributed by atoms with Crippen LogP contribution in [0.5, 0.6) is 5.75 Å². The fraction of sp³-hybridized carbons (Fsp3) is 0.360. The number of methoxy groups -OCH3 is 1. The van der Waals surface area contributed by atoms with E-state index in [0.29, 0.717) is 28.0 Å². The van der Waals surface area contributed by atoms with Crippen molar-refractivity contribution in [1.29, 1.82) is 0 Å². The third kappa shape index (κ3) is 5.52. The lowest BCUT2D eigenvalue weighted by molar-refractivity contribution is 0.0908. The number of amides is 1. The first-order valence-corrected chi connectivity index (χ1v) is 11.8. The Morgan fingerprint density at radius 3 is 2.42 bits per heavy atom. The average molecular weight is 487 g/mol. The van der Waals surface area contributed by atoms with Crippen molar-refractivity contribution in [2.75, 3.05) is 20.2 Å². The Labute approximate surface area is 204 Å². The topological polar surface area (TPSA) is 59.4 Å². The van der Waals surface area contributed by atoms with Gasteiger partial charge in [0.15, 0.2) is 0 Å². The van der Waals surface area contributed by atoms with Crippen LogP contribution in [0.1, 0.15) is 40.0 Å². The number of carbonyl (C=O) groups is 1. The first-order valence-electron chi connectivity index (χ1n) is 11.1. The monoisotopic (exact) mass is 486 g/mol. The Bertz CT molecular complexity index is 1120. The zero-order chi connectivity index (χ0) is 23.4. The molecule has 8 heteroatoms. The number of ether oxygens (including phenoxy) is 1. The number of nitrogens with zero attached hydrogens (tertiary/aromatic N) is 3. The second-order valence-corrected chi connectivity index (χ2v) is 9.10. The molecule has 33 heavy (non-hydrogen) atoms. The molecule has 0 saturated carbocycles. The molecule has 4 rings (SSSR count). The quantitative estimate of drug-likeness (QED) is 0.513. The SMILES string of the molecule is COc1ccccc1CN1CCC(NC(=O)c2c(C)nn(Cc3ccccc3Cl)c2Cl)CC1. The van der Waals surface area contributed by atoms with Crippen molar-refractivity contribution in [2.45, 2.75) is 38.9 Å². The first-order chi connectivity index (χ1) is 16.0. The van der Waals surface area contributed by atoms with Gasteiger partial charge >= 0.3 is 0 Å². The molecule has 1 aliphatic rings. The summed E-state index contributed by atoms with van der Waals surface area (Å²) in [7, 11) is 1.70. The smallest absolute Gasteiger partial charge is 0.256 e. The van der Waals surface area contributed by atoms with E-state index in [1.54, 1.807) is 18.7 Å². The van der Waals surface area contributed by atoms with Gasteiger partial charge in [0.05, 0.1) is 24.9 Å². The van der Waals surface area contributed by atoms with Gasteiger partial charge < -0.3 is 10.1 Å². The second-order valence-electron chi connectivity index (χ2n) is 8.34. The third-order valence-corrected chi connectivity index (χ3v) is 6.83. The molecule has 2 heterocycles. The summed E-state index contributed by atoms with van der Waals surface area (Å²) in [6.07, 6.45) is 1.76. The van der Waals surface area contributed by atoms with Crippen molar-refractivity contribution in [3.05, 3.63) is 81.1 Å². The number of piperidine rings is 1. The maximum absolute atomic E-state index is 13.0. The Kier molecular flexibility index (Phi) is 7.58. The summed E-state index contributed by atoms with van der Waals surface area (Å²) in [5.74, 6) is 0.734. The van der Waals surface area contributed by atoms with Gasteiger partial charge in [0.1, 0.15) is 10.9 Å². The van der Waals surface area contributed by atoms with Crippen LogP contribution < -0.4 is 10.1 Å². The van der Waals surface area contributed by atoms with E-state index in [4.69, 9.17) is 27.9 Å². The molecule has 174 valence electrons. The standard InChI is InChI=1S/C25H28Cl2N4O2/c1-17-23(24(27)31(29-17)16-18-7-3-5-9-21(18)26)25(32)28-20-11-13-30(14-12-20)15-19-8-4-6-10-22(19)33-2/h3-10,20H,11-16H2,1-2H3,(H,28,32). The fourth-order valence-electron chi connectivity index (χ4n) is 4.27. The molecule has 6 nitrogen and oxygen atoms in total. The average Bonchev–Trinajstić information content (AvgIpc) is 3.09. The number of nitrogens with one attached hydrogen (secondary N) is 1. The van der Waals surface area contributed by atoms with Crippen molar-refractivity contribution in [1.82, 2.24) is 20.0 Å². The van der Waals surface area contributed by atoms with E-state index in [2.05, 4.69) is 21.4 Å². The van der Waals surface area contributed by atoms with Gasteiger partial charge in [-0.15, -0.1) is 0 Å². The van der Waals surface area contributed by atoms with Crippen LogP contribution in [0.25, 0.3) is 0 Å². The number of aryl methyl sites for hydroxylation is 1. The van der Waals surface area contributed by atoms with Gasteiger partial charge in [0.2, 0.25) is 0 Å². The molecule has 1 saturated heterocycles. The molecule has 0 atom stereocenters. The highest BCUT2D eigenvalue weighted by atomic mass is 35.5. The highest BCUT2D eigenvalue weighted by molar-refractivity contribution is 6.33. The van der Waals surface area contributed by atoms with Crippen LogP contribution in [-0.4, -0.2) is 46.8 Å². The third-order valence-electron chi connectivity index (χ3n) is 6.08. The van der Waals surface area contributed by atoms with Crippen LogP contribution in [0.2, 0.25) is 10.2 Å². The van der Waals surface area contributed by atoms with Crippen molar-refractivity contribution in [3.8, 4) is 5.75 Å². The van der Waals surface area contributed by atoms with Crippen LogP contribution in [0, 0.1) is 6.92 Å². The number of hydrogen-bond donors (Lipinski definition) is 1. The Hall–Kier alpha value is -2.54. The molecule has 0 unspecified atom stereocenters. The number of rotatable bonds is 7. The van der Waals surface area contributed by atoms with Gasteiger partial charge in [-0.25, -0.2) is 4.68 Å². The van der Waals surface area contributed by atoms with Crippen molar-refractivity contribution in [2.24, 2.45) is 0 Å². The largest absolute Gasteiger partial charge is 0.496 e. The van der Waals surface area contributed by atoms with Gasteiger partial charge in [-0.3, -0.25) is 9.69 Å². The van der Waals surface area contributed by atoms with Gasteiger partial charge in [-0.1, -0.05) is 59.6 Å². The number of aromatic nitrogens is 2. The molecule has 1 amide bonds. The minimum Gasteiger partial charge on any atom is -0.496 e. The van der Waals surface area contributed by atoms with Crippen LogP contribution in [-0.2, 0) is 13.1 Å². The second kappa shape index (κ2) is 10.6. The Balaban J connectivity index is 1.35. The van der Waals surface area contributed by atoms with E-state index in [1.807, 2.05) is 42.5 Å². The molecule has 1 aliphatic heterocycles. The van der Waals surface area contributed by atoms with E-state index in [9.17, 15) is 4.79 Å². The van der Waals surface area contributed by atoms with E-state index in [-0.39, 0.29) is 11.9 Å². The van der Waals surface area contributed by atoms with Gasteiger partial charge in [-0.05, 0) is 37.5 Å². The minimum absolute atomic E-state index is 0.105. The van der Waals surface area contributed by atoms with Crippen LogP contribution in [0.4, 0.5) is 0 Å². The molecule has 1 fully saturated rings. The van der Waals surface area contributed by atoms with Gasteiger partial charge in [0.25, 0.3) is 5.91 Å². The molecule has 0 bridgehead atoms. The number of hydrogen-bond acceptors (Lipinski definition) is 4. The van der Waals surface area contributed by atoms with Gasteiger partial charge in [0, 0.05) is 36.3 Å². The summed E-state index contributed by atoms with van der Waals surface area (Å²) in [5.41, 5.74) is 3.12. The lowest BCUT2D eigenvalue weighted by Gasteiger charge is -2.32. The summed E-state index contributed by atoms with van der Waals surface area (Å²) in [6, 6.07) is 15.7. The van der Waals surface area contributed by atoms with Crippen LogP contribution in [0.3, 0.4) is 0 Å². The van der Waals surface area contributed by atoms with Crippen LogP contribution >= 0.6 is 23.2 Å². The summed E-state index contributed by atoms with van der Waals surface area (Å²) >= 11 is 12.8. The maximum atomic E-state index is 13.0. The Morgan fingerprint density at radius 2 is 1.73 bits per heavy atom. The molecule has 0 aliphatic carbocycles. The predicted molar refractivity (Wildman–Crippen MR) is 131 cm³/mol. The highest BCUT2D eigenvalue weighted by Gasteiger charge is 2.26. The Morgan fingerprint density at radius 1 is 1.06 bits per heavy atom. The first kappa shape index (κ1) is 23.6. The summed E-state index contributed by atoms with van der Waals surface area (Å²) in [5, 5.41) is 8.62. The molecule has 1 N–H and O–H groups in total. The van der Waals surface area contributed by atoms with Gasteiger partial charge in [-0.2, -0.15) is 5.10 Å². The number of halogens is 2. The molecule has 1 aromatic heterocycles. The molecule has 0 spiro atoms. The summed E-state index contributed by atoms with van der Waals surface area (Å²) < 4.78 is 7.09. The molecule has 3 aromatic rings. The van der Waals surface area contributed by atoms with Crippen molar-refractivity contribution < 1.29 is 9.53 Å². The molecule has 0 radical (unpaired) electrons. The maximum Gasteiger partial charge on any atom is 0.256 e. The predicted octanol–water partition coefficient (Wildman–Crippen LogP) is 4.95. The number of carbonyl (C=O) groups excluding carboxylic acids is 1. The number of para-hydroxylation sites is 1. The van der Waals surface area contributed by atoms with E-state index < -0.39 is 0 Å². The molecular weight excluding hydrogens is 459 g/mol. The van der Waals surface area contributed by atoms with E-state index in [1.165, 1.54) is 5.56 Å². The zero-order valence-corrected chi connectivity index (χ0v) is 20.4. The summed E-state index contributed by atoms with van der Waals surface area (Å²) in [6.45, 7) is 4.86. The van der Waals surface area contributed by atoms with Crippen molar-refractivity contribution in [3.63, 3.8) is 0 Å². The molecule has 2 aromatic carbocycles. The fourth-order valence-corrected chi connectivity index (χ4v) is 4.79. The number of benzene rings is 2. The van der Waals surface area contributed by atoms with Crippen molar-refractivity contribution >= 4 is 29.1 Å².